The predicted octanol–water partition coefficient (Wildman–Crippen LogP) is 2.11. The molecule has 0 bridgehead atoms. The number of benzene rings is 2. The van der Waals surface area contributed by atoms with Crippen molar-refractivity contribution in [2.75, 3.05) is 0 Å². The van der Waals surface area contributed by atoms with Crippen LogP contribution in [-0.2, 0) is 0 Å². The zero-order valence-corrected chi connectivity index (χ0v) is 11.9. The Morgan fingerprint density at radius 2 is 1.50 bits per heavy atom. The van der Waals surface area contributed by atoms with Gasteiger partial charge in [0.05, 0.1) is 11.1 Å². The summed E-state index contributed by atoms with van der Waals surface area (Å²) in [5.74, 6) is -2.52. The smallest absolute Gasteiger partial charge is 0.336 e. The van der Waals surface area contributed by atoms with Crippen LogP contribution >= 0.6 is 11.6 Å². The maximum Gasteiger partial charge on any atom is 0.336 e. The van der Waals surface area contributed by atoms with Gasteiger partial charge in [-0.25, -0.2) is 4.79 Å². The average molecular weight is 319 g/mol. The van der Waals surface area contributed by atoms with Crippen molar-refractivity contribution in [1.82, 2.24) is 10.9 Å². The molecule has 0 radical (unpaired) electrons. The van der Waals surface area contributed by atoms with Crippen LogP contribution in [0.25, 0.3) is 0 Å². The van der Waals surface area contributed by atoms with Crippen LogP contribution < -0.4 is 10.9 Å². The minimum Gasteiger partial charge on any atom is -0.478 e. The minimum absolute atomic E-state index is 0.0543. The molecule has 0 aliphatic carbocycles. The molecule has 112 valence electrons. The molecule has 0 aliphatic heterocycles. The van der Waals surface area contributed by atoms with Gasteiger partial charge in [-0.1, -0.05) is 29.8 Å². The molecule has 0 saturated carbocycles. The van der Waals surface area contributed by atoms with Crippen LogP contribution in [0, 0.1) is 0 Å². The fourth-order valence-electron chi connectivity index (χ4n) is 1.75. The first-order valence-corrected chi connectivity index (χ1v) is 6.55. The summed E-state index contributed by atoms with van der Waals surface area (Å²) in [7, 11) is 0. The lowest BCUT2D eigenvalue weighted by Crippen LogP contribution is -2.42. The Bertz CT molecular complexity index is 746. The molecule has 0 fully saturated rings. The van der Waals surface area contributed by atoms with E-state index in [9.17, 15) is 14.4 Å². The lowest BCUT2D eigenvalue weighted by Gasteiger charge is -2.09. The van der Waals surface area contributed by atoms with Crippen molar-refractivity contribution in [1.29, 1.82) is 0 Å². The maximum absolute atomic E-state index is 12.0. The third kappa shape index (κ3) is 3.62. The van der Waals surface area contributed by atoms with Crippen molar-refractivity contribution in [2.45, 2.75) is 0 Å². The first kappa shape index (κ1) is 15.5. The normalized spacial score (nSPS) is 9.86. The highest BCUT2D eigenvalue weighted by Crippen LogP contribution is 2.11. The Morgan fingerprint density at radius 1 is 0.864 bits per heavy atom. The van der Waals surface area contributed by atoms with E-state index in [4.69, 9.17) is 16.7 Å². The number of carboxylic acids is 1. The highest BCUT2D eigenvalue weighted by molar-refractivity contribution is 6.31. The number of carbonyl (C=O) groups excluding carboxylic acids is 2. The summed E-state index contributed by atoms with van der Waals surface area (Å²) in [5.41, 5.74) is 4.42. The van der Waals surface area contributed by atoms with E-state index in [0.29, 0.717) is 5.02 Å². The molecule has 2 amide bonds. The fraction of sp³-hybridized carbons (Fsp3) is 0. The number of halogens is 1. The predicted molar refractivity (Wildman–Crippen MR) is 79.8 cm³/mol. The van der Waals surface area contributed by atoms with Crippen molar-refractivity contribution in [3.63, 3.8) is 0 Å². The van der Waals surface area contributed by atoms with E-state index in [1.165, 1.54) is 36.4 Å². The first-order chi connectivity index (χ1) is 10.5. The molecule has 6 nitrogen and oxygen atoms in total. The summed E-state index contributed by atoms with van der Waals surface area (Å²) >= 11 is 5.77. The molecule has 0 aromatic heterocycles. The molecule has 0 saturated heterocycles. The van der Waals surface area contributed by atoms with E-state index in [1.807, 2.05) is 0 Å². The molecule has 7 heteroatoms. The van der Waals surface area contributed by atoms with Crippen LogP contribution in [0.5, 0.6) is 0 Å². The van der Waals surface area contributed by atoms with Crippen molar-refractivity contribution in [3.05, 3.63) is 70.2 Å². The van der Waals surface area contributed by atoms with Crippen LogP contribution in [0.2, 0.25) is 5.02 Å². The molecule has 0 atom stereocenters. The zero-order valence-electron chi connectivity index (χ0n) is 11.2. The Labute approximate surface area is 130 Å². The molecule has 0 aliphatic rings. The number of amides is 2. The Morgan fingerprint density at radius 3 is 2.14 bits per heavy atom. The SMILES string of the molecule is O=C(NNC(=O)c1ccccc1C(=O)O)c1cccc(Cl)c1. The van der Waals surface area contributed by atoms with Gasteiger partial charge >= 0.3 is 5.97 Å². The van der Waals surface area contributed by atoms with E-state index in [1.54, 1.807) is 12.1 Å². The summed E-state index contributed by atoms with van der Waals surface area (Å²) in [4.78, 5) is 34.8. The zero-order chi connectivity index (χ0) is 16.1. The number of carbonyl (C=O) groups is 3. The van der Waals surface area contributed by atoms with Gasteiger partial charge in [0, 0.05) is 10.6 Å². The number of carboxylic acid groups (broad SMARTS) is 1. The van der Waals surface area contributed by atoms with E-state index in [0.717, 1.165) is 0 Å². The van der Waals surface area contributed by atoms with Crippen molar-refractivity contribution < 1.29 is 19.5 Å². The monoisotopic (exact) mass is 318 g/mol. The standard InChI is InChI=1S/C15H11ClN2O4/c16-10-5-3-4-9(8-10)13(19)17-18-14(20)11-6-1-2-7-12(11)15(21)22/h1-8H,(H,17,19)(H,18,20)(H,21,22). The summed E-state index contributed by atoms with van der Waals surface area (Å²) in [5, 5.41) is 9.40. The second-order valence-corrected chi connectivity index (χ2v) is 4.71. The lowest BCUT2D eigenvalue weighted by atomic mass is 10.1. The number of aromatic carboxylic acids is 1. The van der Waals surface area contributed by atoms with Crippen LogP contribution in [0.4, 0.5) is 0 Å². The van der Waals surface area contributed by atoms with Gasteiger partial charge in [0.1, 0.15) is 0 Å². The van der Waals surface area contributed by atoms with E-state index in [-0.39, 0.29) is 16.7 Å². The van der Waals surface area contributed by atoms with Gasteiger partial charge in [0.15, 0.2) is 0 Å². The molecule has 2 aromatic carbocycles. The molecule has 0 heterocycles. The highest BCUT2D eigenvalue weighted by Gasteiger charge is 2.16. The van der Waals surface area contributed by atoms with Crippen LogP contribution in [0.1, 0.15) is 31.1 Å². The second-order valence-electron chi connectivity index (χ2n) is 4.27. The molecule has 22 heavy (non-hydrogen) atoms. The summed E-state index contributed by atoms with van der Waals surface area (Å²) in [6.45, 7) is 0. The Hall–Kier alpha value is -2.86. The third-order valence-electron chi connectivity index (χ3n) is 2.78. The van der Waals surface area contributed by atoms with Gasteiger partial charge in [-0.15, -0.1) is 0 Å². The summed E-state index contributed by atoms with van der Waals surface area (Å²) < 4.78 is 0. The summed E-state index contributed by atoms with van der Waals surface area (Å²) in [6.07, 6.45) is 0. The van der Waals surface area contributed by atoms with Gasteiger partial charge in [-0.05, 0) is 30.3 Å². The Balaban J connectivity index is 2.07. The lowest BCUT2D eigenvalue weighted by molar-refractivity contribution is 0.0690. The first-order valence-electron chi connectivity index (χ1n) is 6.17. The van der Waals surface area contributed by atoms with E-state index >= 15 is 0 Å². The summed E-state index contributed by atoms with van der Waals surface area (Å²) in [6, 6.07) is 11.9. The molecular formula is C15H11ClN2O4. The van der Waals surface area contributed by atoms with Crippen molar-refractivity contribution in [3.8, 4) is 0 Å². The fourth-order valence-corrected chi connectivity index (χ4v) is 1.94. The quantitative estimate of drug-likeness (QED) is 0.755. The second kappa shape index (κ2) is 6.73. The van der Waals surface area contributed by atoms with Gasteiger partial charge in [-0.2, -0.15) is 0 Å². The van der Waals surface area contributed by atoms with Gasteiger partial charge < -0.3 is 5.11 Å². The number of hydrogen-bond donors (Lipinski definition) is 3. The van der Waals surface area contributed by atoms with Gasteiger partial charge in [0.2, 0.25) is 0 Å². The number of nitrogens with one attached hydrogen (secondary N) is 2. The third-order valence-corrected chi connectivity index (χ3v) is 3.01. The molecule has 0 unspecified atom stereocenters. The van der Waals surface area contributed by atoms with Crippen LogP contribution in [0.15, 0.2) is 48.5 Å². The molecule has 0 spiro atoms. The minimum atomic E-state index is -1.23. The van der Waals surface area contributed by atoms with Gasteiger partial charge in [-0.3, -0.25) is 20.4 Å². The Kier molecular flexibility index (Phi) is 4.75. The largest absolute Gasteiger partial charge is 0.478 e. The molecule has 3 N–H and O–H groups in total. The van der Waals surface area contributed by atoms with E-state index in [2.05, 4.69) is 10.9 Å². The van der Waals surface area contributed by atoms with Crippen LogP contribution in [-0.4, -0.2) is 22.9 Å². The van der Waals surface area contributed by atoms with Crippen LogP contribution in [0.3, 0.4) is 0 Å². The highest BCUT2D eigenvalue weighted by atomic mass is 35.5. The number of hydrazine groups is 1. The molecule has 2 rings (SSSR count). The topological polar surface area (TPSA) is 95.5 Å². The number of hydrogen-bond acceptors (Lipinski definition) is 3. The average Bonchev–Trinajstić information content (AvgIpc) is 2.52. The molecular weight excluding hydrogens is 308 g/mol. The van der Waals surface area contributed by atoms with Crippen molar-refractivity contribution >= 4 is 29.4 Å². The molecule has 2 aromatic rings. The number of rotatable bonds is 3. The van der Waals surface area contributed by atoms with E-state index < -0.39 is 17.8 Å². The van der Waals surface area contributed by atoms with Crippen molar-refractivity contribution in [2.24, 2.45) is 0 Å². The maximum atomic E-state index is 12.0. The van der Waals surface area contributed by atoms with Gasteiger partial charge in [0.25, 0.3) is 11.8 Å².